The summed E-state index contributed by atoms with van der Waals surface area (Å²) < 4.78 is 0. The molecule has 1 aliphatic heterocycles. The predicted molar refractivity (Wildman–Crippen MR) is 72.4 cm³/mol. The van der Waals surface area contributed by atoms with Gasteiger partial charge in [-0.3, -0.25) is 0 Å². The fraction of sp³-hybridized carbons (Fsp3) is 0.571. The Bertz CT molecular complexity index is 384. The number of thioether (sulfide) groups is 1. The lowest BCUT2D eigenvalue weighted by Gasteiger charge is -2.32. The van der Waals surface area contributed by atoms with E-state index in [4.69, 9.17) is 0 Å². The molecule has 0 saturated carbocycles. The van der Waals surface area contributed by atoms with Crippen LogP contribution >= 0.6 is 11.8 Å². The number of aryl methyl sites for hydroxylation is 1. The maximum Gasteiger partial charge on any atom is 0.0127 e. The molecule has 1 aromatic carbocycles. The third-order valence-corrected chi connectivity index (χ3v) is 5.05. The highest BCUT2D eigenvalue weighted by molar-refractivity contribution is 7.99. The molecule has 1 aliphatic rings. The van der Waals surface area contributed by atoms with E-state index >= 15 is 0 Å². The summed E-state index contributed by atoms with van der Waals surface area (Å²) in [6.45, 7) is 6.88. The first-order valence-corrected chi connectivity index (χ1v) is 6.97. The van der Waals surface area contributed by atoms with Crippen molar-refractivity contribution < 1.29 is 0 Å². The van der Waals surface area contributed by atoms with Gasteiger partial charge in [-0.05, 0) is 37.6 Å². The first-order valence-electron chi connectivity index (χ1n) is 5.99. The van der Waals surface area contributed by atoms with Crippen LogP contribution in [0.4, 0.5) is 0 Å². The maximum atomic E-state index is 3.36. The zero-order chi connectivity index (χ0) is 11.8. The minimum absolute atomic E-state index is 0.187. The van der Waals surface area contributed by atoms with Gasteiger partial charge >= 0.3 is 0 Å². The molecule has 0 fully saturated rings. The molecule has 1 aromatic rings. The predicted octanol–water partition coefficient (Wildman–Crippen LogP) is 3.22. The largest absolute Gasteiger partial charge is 0.316 e. The second kappa shape index (κ2) is 4.42. The quantitative estimate of drug-likeness (QED) is 0.863. The Morgan fingerprint density at radius 3 is 2.81 bits per heavy atom. The fourth-order valence-electron chi connectivity index (χ4n) is 2.18. The lowest BCUT2D eigenvalue weighted by molar-refractivity contribution is 0.383. The standard InChI is InChI=1S/C14H21NS/c1-10(15-4)14(2,3)12-6-5-11-7-8-16-13(11)9-12/h5-6,9-10,15H,7-8H2,1-4H3. The van der Waals surface area contributed by atoms with E-state index in [0.29, 0.717) is 6.04 Å². The van der Waals surface area contributed by atoms with Gasteiger partial charge in [-0.1, -0.05) is 26.0 Å². The van der Waals surface area contributed by atoms with Crippen molar-refractivity contribution in [2.75, 3.05) is 12.8 Å². The van der Waals surface area contributed by atoms with Crippen LogP contribution in [0, 0.1) is 0 Å². The normalized spacial score (nSPS) is 17.2. The lowest BCUT2D eigenvalue weighted by Crippen LogP contribution is -2.40. The summed E-state index contributed by atoms with van der Waals surface area (Å²) >= 11 is 2.00. The van der Waals surface area contributed by atoms with Gasteiger partial charge in [-0.2, -0.15) is 0 Å². The first-order chi connectivity index (χ1) is 7.55. The smallest absolute Gasteiger partial charge is 0.0127 e. The minimum atomic E-state index is 0.187. The zero-order valence-electron chi connectivity index (χ0n) is 10.6. The van der Waals surface area contributed by atoms with Crippen LogP contribution in [0.3, 0.4) is 0 Å². The number of hydrogen-bond acceptors (Lipinski definition) is 2. The van der Waals surface area contributed by atoms with Crippen molar-refractivity contribution in [3.63, 3.8) is 0 Å². The van der Waals surface area contributed by atoms with Gasteiger partial charge in [0.05, 0.1) is 0 Å². The Balaban J connectivity index is 2.34. The number of benzene rings is 1. The van der Waals surface area contributed by atoms with Crippen LogP contribution < -0.4 is 5.32 Å². The minimum Gasteiger partial charge on any atom is -0.316 e. The second-order valence-corrected chi connectivity index (χ2v) is 6.29. The monoisotopic (exact) mass is 235 g/mol. The van der Waals surface area contributed by atoms with Crippen molar-refractivity contribution in [3.8, 4) is 0 Å². The summed E-state index contributed by atoms with van der Waals surface area (Å²) in [6.07, 6.45) is 1.24. The molecule has 16 heavy (non-hydrogen) atoms. The average Bonchev–Trinajstić information content (AvgIpc) is 2.74. The topological polar surface area (TPSA) is 12.0 Å². The van der Waals surface area contributed by atoms with E-state index in [1.54, 1.807) is 0 Å². The third kappa shape index (κ3) is 2.01. The molecule has 1 atom stereocenters. The Kier molecular flexibility index (Phi) is 3.32. The van der Waals surface area contributed by atoms with Crippen LogP contribution in [0.5, 0.6) is 0 Å². The molecule has 2 rings (SSSR count). The summed E-state index contributed by atoms with van der Waals surface area (Å²) in [7, 11) is 2.04. The van der Waals surface area contributed by atoms with Crippen molar-refractivity contribution in [2.24, 2.45) is 0 Å². The number of rotatable bonds is 3. The van der Waals surface area contributed by atoms with Gasteiger partial charge < -0.3 is 5.32 Å². The van der Waals surface area contributed by atoms with Crippen molar-refractivity contribution in [1.82, 2.24) is 5.32 Å². The van der Waals surface area contributed by atoms with Gasteiger partial charge in [-0.25, -0.2) is 0 Å². The first kappa shape index (κ1) is 12.0. The molecule has 1 N–H and O–H groups in total. The molecule has 1 nitrogen and oxygen atoms in total. The Morgan fingerprint density at radius 2 is 2.12 bits per heavy atom. The SMILES string of the molecule is CNC(C)C(C)(C)c1ccc2c(c1)SCC2. The van der Waals surface area contributed by atoms with Gasteiger partial charge in [0.2, 0.25) is 0 Å². The molecular weight excluding hydrogens is 214 g/mol. The summed E-state index contributed by atoms with van der Waals surface area (Å²) in [5.41, 5.74) is 3.16. The summed E-state index contributed by atoms with van der Waals surface area (Å²) in [4.78, 5) is 1.49. The summed E-state index contributed by atoms with van der Waals surface area (Å²) in [6, 6.07) is 7.49. The number of hydrogen-bond donors (Lipinski definition) is 1. The van der Waals surface area contributed by atoms with Crippen LogP contribution in [0.15, 0.2) is 23.1 Å². The van der Waals surface area contributed by atoms with Crippen molar-refractivity contribution in [2.45, 2.75) is 43.5 Å². The van der Waals surface area contributed by atoms with Crippen molar-refractivity contribution in [3.05, 3.63) is 29.3 Å². The van der Waals surface area contributed by atoms with E-state index in [0.717, 1.165) is 0 Å². The van der Waals surface area contributed by atoms with E-state index in [1.807, 2.05) is 18.8 Å². The molecule has 0 aromatic heterocycles. The molecule has 88 valence electrons. The molecule has 0 bridgehead atoms. The molecule has 0 radical (unpaired) electrons. The van der Waals surface area contributed by atoms with Crippen molar-refractivity contribution in [1.29, 1.82) is 0 Å². The van der Waals surface area contributed by atoms with Gasteiger partial charge in [0.25, 0.3) is 0 Å². The maximum absolute atomic E-state index is 3.36. The van der Waals surface area contributed by atoms with Crippen LogP contribution in [-0.4, -0.2) is 18.8 Å². The van der Waals surface area contributed by atoms with E-state index in [2.05, 4.69) is 44.3 Å². The van der Waals surface area contributed by atoms with Crippen LogP contribution in [0.2, 0.25) is 0 Å². The molecule has 0 amide bonds. The Morgan fingerprint density at radius 1 is 1.38 bits per heavy atom. The molecule has 0 saturated heterocycles. The molecule has 1 heterocycles. The fourth-order valence-corrected chi connectivity index (χ4v) is 3.29. The summed E-state index contributed by atoms with van der Waals surface area (Å²) in [5, 5.41) is 3.36. The number of likely N-dealkylation sites (N-methyl/N-ethyl adjacent to an activating group) is 1. The third-order valence-electron chi connectivity index (χ3n) is 3.96. The van der Waals surface area contributed by atoms with Gasteiger partial charge in [0, 0.05) is 22.1 Å². The average molecular weight is 235 g/mol. The van der Waals surface area contributed by atoms with E-state index in [9.17, 15) is 0 Å². The molecule has 1 unspecified atom stereocenters. The van der Waals surface area contributed by atoms with Gasteiger partial charge in [-0.15, -0.1) is 11.8 Å². The van der Waals surface area contributed by atoms with E-state index in [-0.39, 0.29) is 5.41 Å². The zero-order valence-corrected chi connectivity index (χ0v) is 11.4. The Labute approximate surface area is 103 Å². The Hall–Kier alpha value is -0.470. The van der Waals surface area contributed by atoms with Crippen molar-refractivity contribution >= 4 is 11.8 Å². The van der Waals surface area contributed by atoms with Gasteiger partial charge in [0.15, 0.2) is 0 Å². The molecule has 2 heteroatoms. The van der Waals surface area contributed by atoms with Crippen LogP contribution in [0.25, 0.3) is 0 Å². The lowest BCUT2D eigenvalue weighted by atomic mass is 9.78. The molecule has 0 spiro atoms. The van der Waals surface area contributed by atoms with E-state index < -0.39 is 0 Å². The van der Waals surface area contributed by atoms with Crippen LogP contribution in [0.1, 0.15) is 31.9 Å². The highest BCUT2D eigenvalue weighted by Gasteiger charge is 2.27. The number of fused-ring (bicyclic) bond motifs is 1. The highest BCUT2D eigenvalue weighted by atomic mass is 32.2. The summed E-state index contributed by atoms with van der Waals surface area (Å²) in [5.74, 6) is 1.25. The second-order valence-electron chi connectivity index (χ2n) is 5.15. The van der Waals surface area contributed by atoms with E-state index in [1.165, 1.54) is 28.2 Å². The highest BCUT2D eigenvalue weighted by Crippen LogP contribution is 2.36. The van der Waals surface area contributed by atoms with Gasteiger partial charge in [0.1, 0.15) is 0 Å². The molecule has 0 aliphatic carbocycles. The number of nitrogens with one attached hydrogen (secondary N) is 1. The van der Waals surface area contributed by atoms with Crippen LogP contribution in [-0.2, 0) is 11.8 Å². The molecular formula is C14H21NS.